The van der Waals surface area contributed by atoms with Crippen molar-refractivity contribution in [3.8, 4) is 0 Å². The quantitative estimate of drug-likeness (QED) is 0.255. The molecule has 0 bridgehead atoms. The Morgan fingerprint density at radius 3 is 1.64 bits per heavy atom. The Labute approximate surface area is 137 Å². The zero-order valence-corrected chi connectivity index (χ0v) is 14.6. The molecule has 0 saturated carbocycles. The number of carboxylic acid groups (broad SMARTS) is 1. The number of hydrogen-bond acceptors (Lipinski definition) is 1. The van der Waals surface area contributed by atoms with Crippen LogP contribution in [0.2, 0.25) is 0 Å². The molecule has 0 atom stereocenters. The van der Waals surface area contributed by atoms with E-state index in [-0.39, 0.29) is 0 Å². The molecule has 0 aliphatic rings. The van der Waals surface area contributed by atoms with Crippen LogP contribution >= 0.6 is 0 Å². The Balaban J connectivity index is 3.18. The van der Waals surface area contributed by atoms with E-state index in [1.807, 2.05) is 0 Å². The molecule has 2 nitrogen and oxygen atoms in total. The van der Waals surface area contributed by atoms with Gasteiger partial charge in [0, 0.05) is 6.42 Å². The van der Waals surface area contributed by atoms with Gasteiger partial charge in [-0.1, -0.05) is 69.8 Å². The van der Waals surface area contributed by atoms with Crippen molar-refractivity contribution in [1.29, 1.82) is 0 Å². The molecule has 0 fully saturated rings. The molecule has 0 heterocycles. The zero-order valence-electron chi connectivity index (χ0n) is 14.6. The molecular weight excluding hydrogens is 272 g/mol. The molecule has 0 amide bonds. The number of carboxylic acids is 1. The molecule has 0 rings (SSSR count). The highest BCUT2D eigenvalue weighted by Crippen LogP contribution is 2.07. The lowest BCUT2D eigenvalue weighted by Crippen LogP contribution is -1.93. The second kappa shape index (κ2) is 18.0. The Morgan fingerprint density at radius 1 is 0.682 bits per heavy atom. The summed E-state index contributed by atoms with van der Waals surface area (Å²) < 4.78 is 0. The van der Waals surface area contributed by atoms with E-state index in [9.17, 15) is 4.79 Å². The van der Waals surface area contributed by atoms with Crippen LogP contribution in [-0.2, 0) is 4.79 Å². The van der Waals surface area contributed by atoms with Gasteiger partial charge >= 0.3 is 5.97 Å². The molecule has 0 aliphatic carbocycles. The van der Waals surface area contributed by atoms with Crippen LogP contribution in [-0.4, -0.2) is 11.1 Å². The summed E-state index contributed by atoms with van der Waals surface area (Å²) >= 11 is 0. The molecule has 0 radical (unpaired) electrons. The predicted molar refractivity (Wildman–Crippen MR) is 96.2 cm³/mol. The smallest absolute Gasteiger partial charge is 0.303 e. The van der Waals surface area contributed by atoms with Crippen molar-refractivity contribution < 1.29 is 9.90 Å². The molecule has 0 spiro atoms. The first-order valence-corrected chi connectivity index (χ1v) is 9.29. The largest absolute Gasteiger partial charge is 0.481 e. The number of allylic oxidation sites excluding steroid dienone is 4. The summed E-state index contributed by atoms with van der Waals surface area (Å²) in [4.78, 5) is 10.3. The minimum Gasteiger partial charge on any atom is -0.481 e. The molecule has 0 saturated heterocycles. The van der Waals surface area contributed by atoms with Gasteiger partial charge in [-0.25, -0.2) is 0 Å². The minimum absolute atomic E-state index is 0.320. The van der Waals surface area contributed by atoms with Crippen LogP contribution in [0.5, 0.6) is 0 Å². The summed E-state index contributed by atoms with van der Waals surface area (Å²) in [5, 5.41) is 8.52. The van der Waals surface area contributed by atoms with Crippen molar-refractivity contribution in [2.24, 2.45) is 0 Å². The van der Waals surface area contributed by atoms with E-state index in [0.29, 0.717) is 6.42 Å². The summed E-state index contributed by atoms with van der Waals surface area (Å²) in [6.45, 7) is 2.26. The molecular formula is C20H36O2. The van der Waals surface area contributed by atoms with E-state index in [1.54, 1.807) is 0 Å². The fourth-order valence-electron chi connectivity index (χ4n) is 2.42. The van der Waals surface area contributed by atoms with Gasteiger partial charge in [-0.3, -0.25) is 4.79 Å². The maximum atomic E-state index is 10.3. The average molecular weight is 309 g/mol. The average Bonchev–Trinajstić information content (AvgIpc) is 2.50. The van der Waals surface area contributed by atoms with Gasteiger partial charge < -0.3 is 5.11 Å². The van der Waals surface area contributed by atoms with Gasteiger partial charge in [-0.05, 0) is 44.9 Å². The van der Waals surface area contributed by atoms with E-state index in [1.165, 1.54) is 44.9 Å². The normalized spacial score (nSPS) is 11.7. The maximum absolute atomic E-state index is 10.3. The van der Waals surface area contributed by atoms with Crippen molar-refractivity contribution in [2.75, 3.05) is 0 Å². The molecule has 128 valence electrons. The molecule has 1 N–H and O–H groups in total. The van der Waals surface area contributed by atoms with Crippen molar-refractivity contribution in [2.45, 2.75) is 96.8 Å². The second-order valence-electron chi connectivity index (χ2n) is 6.07. The Bertz CT molecular complexity index is 292. The number of rotatable bonds is 16. The standard InChI is InChI=1S/C20H36O2/c1-2-3-4-5-6-7-8-9-10-11-12-13-14-15-16-17-18-19-20(21)22/h8-9,12-13H,2-7,10-11,14-19H2,1H3,(H,21,22). The highest BCUT2D eigenvalue weighted by atomic mass is 16.4. The second-order valence-corrected chi connectivity index (χ2v) is 6.07. The molecule has 2 heteroatoms. The summed E-state index contributed by atoms with van der Waals surface area (Å²) in [7, 11) is 0. The Kier molecular flexibility index (Phi) is 17.1. The van der Waals surface area contributed by atoms with Crippen LogP contribution < -0.4 is 0 Å². The third kappa shape index (κ3) is 18.9. The Hall–Kier alpha value is -1.05. The van der Waals surface area contributed by atoms with Crippen LogP contribution in [0.1, 0.15) is 96.8 Å². The summed E-state index contributed by atoms with van der Waals surface area (Å²) in [6, 6.07) is 0. The SMILES string of the molecule is CCCCCCCC=CCCC=CCCCCCCC(=O)O. The fourth-order valence-corrected chi connectivity index (χ4v) is 2.42. The first kappa shape index (κ1) is 20.9. The monoisotopic (exact) mass is 308 g/mol. The number of hydrogen-bond donors (Lipinski definition) is 1. The van der Waals surface area contributed by atoms with E-state index >= 15 is 0 Å². The first-order chi connectivity index (χ1) is 10.8. The molecule has 0 aliphatic heterocycles. The lowest BCUT2D eigenvalue weighted by Gasteiger charge is -1.97. The molecule has 0 aromatic rings. The molecule has 0 aromatic heterocycles. The van der Waals surface area contributed by atoms with Gasteiger partial charge in [0.15, 0.2) is 0 Å². The molecule has 0 aromatic carbocycles. The van der Waals surface area contributed by atoms with Crippen molar-refractivity contribution in [3.63, 3.8) is 0 Å². The first-order valence-electron chi connectivity index (χ1n) is 9.29. The van der Waals surface area contributed by atoms with E-state index < -0.39 is 5.97 Å². The van der Waals surface area contributed by atoms with Gasteiger partial charge in [0.2, 0.25) is 0 Å². The van der Waals surface area contributed by atoms with Crippen molar-refractivity contribution >= 4 is 5.97 Å². The van der Waals surface area contributed by atoms with Crippen LogP contribution in [0.4, 0.5) is 0 Å². The van der Waals surface area contributed by atoms with Gasteiger partial charge in [0.1, 0.15) is 0 Å². The van der Waals surface area contributed by atoms with Gasteiger partial charge in [-0.2, -0.15) is 0 Å². The van der Waals surface area contributed by atoms with Crippen molar-refractivity contribution in [1.82, 2.24) is 0 Å². The van der Waals surface area contributed by atoms with Gasteiger partial charge in [0.05, 0.1) is 0 Å². The predicted octanol–water partition coefficient (Wildman–Crippen LogP) is 6.66. The minimum atomic E-state index is -0.672. The topological polar surface area (TPSA) is 37.3 Å². The third-order valence-corrected chi connectivity index (χ3v) is 3.82. The van der Waals surface area contributed by atoms with Crippen LogP contribution in [0.3, 0.4) is 0 Å². The van der Waals surface area contributed by atoms with Gasteiger partial charge in [-0.15, -0.1) is 0 Å². The summed E-state index contributed by atoms with van der Waals surface area (Å²) in [6.07, 6.45) is 25.2. The highest BCUT2D eigenvalue weighted by molar-refractivity contribution is 5.66. The van der Waals surface area contributed by atoms with E-state index in [0.717, 1.165) is 38.5 Å². The summed E-state index contributed by atoms with van der Waals surface area (Å²) in [5.41, 5.74) is 0. The maximum Gasteiger partial charge on any atom is 0.303 e. The molecule has 0 unspecified atom stereocenters. The number of unbranched alkanes of at least 4 members (excludes halogenated alkanes) is 10. The fraction of sp³-hybridized carbons (Fsp3) is 0.750. The third-order valence-electron chi connectivity index (χ3n) is 3.82. The van der Waals surface area contributed by atoms with Crippen LogP contribution in [0.15, 0.2) is 24.3 Å². The number of aliphatic carboxylic acids is 1. The van der Waals surface area contributed by atoms with E-state index in [2.05, 4.69) is 31.2 Å². The van der Waals surface area contributed by atoms with E-state index in [4.69, 9.17) is 5.11 Å². The number of carbonyl (C=O) groups is 1. The lowest BCUT2D eigenvalue weighted by atomic mass is 10.1. The Morgan fingerprint density at radius 2 is 1.14 bits per heavy atom. The van der Waals surface area contributed by atoms with Crippen LogP contribution in [0.25, 0.3) is 0 Å². The van der Waals surface area contributed by atoms with Crippen molar-refractivity contribution in [3.05, 3.63) is 24.3 Å². The van der Waals surface area contributed by atoms with Gasteiger partial charge in [0.25, 0.3) is 0 Å². The lowest BCUT2D eigenvalue weighted by molar-refractivity contribution is -0.137. The van der Waals surface area contributed by atoms with Crippen LogP contribution in [0, 0.1) is 0 Å². The molecule has 22 heavy (non-hydrogen) atoms. The summed E-state index contributed by atoms with van der Waals surface area (Å²) in [5.74, 6) is -0.672. The highest BCUT2D eigenvalue weighted by Gasteiger charge is 1.95. The zero-order chi connectivity index (χ0) is 16.3.